The molecule has 3 heteroatoms. The van der Waals surface area contributed by atoms with Crippen molar-refractivity contribution in [2.75, 3.05) is 0 Å². The summed E-state index contributed by atoms with van der Waals surface area (Å²) in [4.78, 5) is 15.9. The number of hydrogen-bond acceptors (Lipinski definition) is 2. The van der Waals surface area contributed by atoms with E-state index in [0.717, 1.165) is 11.3 Å². The van der Waals surface area contributed by atoms with Gasteiger partial charge >= 0.3 is 0 Å². The minimum atomic E-state index is -0.208. The van der Waals surface area contributed by atoms with Gasteiger partial charge in [0.25, 0.3) is 5.91 Å². The summed E-state index contributed by atoms with van der Waals surface area (Å²) in [6.45, 7) is 6.01. The van der Waals surface area contributed by atoms with Crippen molar-refractivity contribution in [2.24, 2.45) is 5.92 Å². The predicted octanol–water partition coefficient (Wildman–Crippen LogP) is 2.46. The molecule has 0 saturated carbocycles. The number of pyridine rings is 1. The van der Waals surface area contributed by atoms with Crippen LogP contribution in [0.25, 0.3) is 0 Å². The number of allylic oxidation sites excluding steroid dienone is 4. The first-order chi connectivity index (χ1) is 8.18. The maximum absolute atomic E-state index is 11.9. The van der Waals surface area contributed by atoms with E-state index in [2.05, 4.69) is 16.9 Å². The lowest BCUT2D eigenvalue weighted by Gasteiger charge is -2.18. The van der Waals surface area contributed by atoms with Crippen LogP contribution in [0.5, 0.6) is 0 Å². The molecule has 17 heavy (non-hydrogen) atoms. The first-order valence-electron chi connectivity index (χ1n) is 5.48. The van der Waals surface area contributed by atoms with Crippen LogP contribution in [0.3, 0.4) is 0 Å². The van der Waals surface area contributed by atoms with Crippen molar-refractivity contribution in [3.05, 3.63) is 66.2 Å². The number of nitrogens with zero attached hydrogens (tertiary/aromatic N) is 1. The molecule has 1 N–H and O–H groups in total. The van der Waals surface area contributed by atoms with Crippen LogP contribution in [0.1, 0.15) is 17.4 Å². The van der Waals surface area contributed by atoms with Crippen LogP contribution in [0, 0.1) is 5.92 Å². The van der Waals surface area contributed by atoms with Gasteiger partial charge in [-0.1, -0.05) is 31.7 Å². The van der Waals surface area contributed by atoms with Crippen molar-refractivity contribution in [3.8, 4) is 0 Å². The van der Waals surface area contributed by atoms with E-state index in [0.29, 0.717) is 5.69 Å². The smallest absolute Gasteiger partial charge is 0.274 e. The van der Waals surface area contributed by atoms with Gasteiger partial charge in [0.05, 0.1) is 0 Å². The van der Waals surface area contributed by atoms with Gasteiger partial charge < -0.3 is 5.32 Å². The van der Waals surface area contributed by atoms with Gasteiger partial charge in [-0.3, -0.25) is 9.78 Å². The SMILES string of the molecule is C=C1C(NC(=O)c2ccccn2)=CC=CC1C. The van der Waals surface area contributed by atoms with Crippen molar-refractivity contribution in [1.29, 1.82) is 0 Å². The van der Waals surface area contributed by atoms with Crippen LogP contribution in [0.15, 0.2) is 60.5 Å². The summed E-state index contributed by atoms with van der Waals surface area (Å²) in [6, 6.07) is 5.25. The van der Waals surface area contributed by atoms with Crippen molar-refractivity contribution in [3.63, 3.8) is 0 Å². The summed E-state index contributed by atoms with van der Waals surface area (Å²) < 4.78 is 0. The predicted molar refractivity (Wildman–Crippen MR) is 67.2 cm³/mol. The molecule has 1 heterocycles. The van der Waals surface area contributed by atoms with Crippen molar-refractivity contribution in [1.82, 2.24) is 10.3 Å². The van der Waals surface area contributed by atoms with E-state index in [1.54, 1.807) is 24.4 Å². The third-order valence-corrected chi connectivity index (χ3v) is 2.70. The van der Waals surface area contributed by atoms with E-state index in [1.165, 1.54) is 0 Å². The third-order valence-electron chi connectivity index (χ3n) is 2.70. The molecule has 1 aromatic rings. The molecule has 0 saturated heterocycles. The summed E-state index contributed by atoms with van der Waals surface area (Å²) in [5, 5.41) is 2.82. The summed E-state index contributed by atoms with van der Waals surface area (Å²) in [5.74, 6) is 0.0412. The topological polar surface area (TPSA) is 42.0 Å². The highest BCUT2D eigenvalue weighted by Gasteiger charge is 2.15. The molecule has 1 aliphatic rings. The van der Waals surface area contributed by atoms with E-state index >= 15 is 0 Å². The quantitative estimate of drug-likeness (QED) is 0.841. The first kappa shape index (κ1) is 11.3. The fourth-order valence-corrected chi connectivity index (χ4v) is 1.59. The number of amides is 1. The number of carbonyl (C=O) groups is 1. The van der Waals surface area contributed by atoms with Gasteiger partial charge in [-0.05, 0) is 23.8 Å². The minimum Gasteiger partial charge on any atom is -0.320 e. The molecule has 1 aliphatic carbocycles. The molecule has 0 aromatic carbocycles. The minimum absolute atomic E-state index is 0.208. The number of carbonyl (C=O) groups excluding carboxylic acids is 1. The normalized spacial score (nSPS) is 18.8. The molecule has 0 fully saturated rings. The first-order valence-corrected chi connectivity index (χ1v) is 5.48. The standard InChI is InChI=1S/C14H14N2O/c1-10-6-5-8-12(11(10)2)16-14(17)13-7-3-4-9-15-13/h3-10H,2H2,1H3,(H,16,17). The molecule has 2 rings (SSSR count). The Morgan fingerprint density at radius 1 is 1.47 bits per heavy atom. The second-order valence-electron chi connectivity index (χ2n) is 3.95. The third kappa shape index (κ3) is 2.50. The average molecular weight is 226 g/mol. The Bertz CT molecular complexity index is 500. The zero-order chi connectivity index (χ0) is 12.3. The highest BCUT2D eigenvalue weighted by Crippen LogP contribution is 2.21. The molecule has 1 amide bonds. The zero-order valence-electron chi connectivity index (χ0n) is 9.68. The van der Waals surface area contributed by atoms with Crippen LogP contribution in [-0.4, -0.2) is 10.9 Å². The van der Waals surface area contributed by atoms with Gasteiger partial charge in [0.1, 0.15) is 5.69 Å². The van der Waals surface area contributed by atoms with E-state index in [4.69, 9.17) is 0 Å². The van der Waals surface area contributed by atoms with Gasteiger partial charge in [-0.25, -0.2) is 0 Å². The molecule has 0 aliphatic heterocycles. The molecule has 1 aromatic heterocycles. The molecule has 0 radical (unpaired) electrons. The summed E-state index contributed by atoms with van der Waals surface area (Å²) in [5.41, 5.74) is 2.08. The fourth-order valence-electron chi connectivity index (χ4n) is 1.59. The van der Waals surface area contributed by atoms with Crippen LogP contribution in [-0.2, 0) is 0 Å². The van der Waals surface area contributed by atoms with Crippen LogP contribution in [0.4, 0.5) is 0 Å². The van der Waals surface area contributed by atoms with Crippen molar-refractivity contribution in [2.45, 2.75) is 6.92 Å². The van der Waals surface area contributed by atoms with Gasteiger partial charge in [0.15, 0.2) is 0 Å². The van der Waals surface area contributed by atoms with Crippen LogP contribution < -0.4 is 5.32 Å². The van der Waals surface area contributed by atoms with Crippen LogP contribution in [0.2, 0.25) is 0 Å². The Hall–Kier alpha value is -2.16. The molecule has 0 bridgehead atoms. The Labute approximate surface area is 101 Å². The Morgan fingerprint density at radius 3 is 3.00 bits per heavy atom. The highest BCUT2D eigenvalue weighted by atomic mass is 16.1. The summed E-state index contributed by atoms with van der Waals surface area (Å²) >= 11 is 0. The van der Waals surface area contributed by atoms with Gasteiger partial charge in [-0.15, -0.1) is 0 Å². The Morgan fingerprint density at radius 2 is 2.29 bits per heavy atom. The number of hydrogen-bond donors (Lipinski definition) is 1. The maximum atomic E-state index is 11.9. The maximum Gasteiger partial charge on any atom is 0.274 e. The monoisotopic (exact) mass is 226 g/mol. The lowest BCUT2D eigenvalue weighted by atomic mass is 9.95. The highest BCUT2D eigenvalue weighted by molar-refractivity contribution is 5.93. The number of rotatable bonds is 2. The lowest BCUT2D eigenvalue weighted by Crippen LogP contribution is -2.26. The largest absolute Gasteiger partial charge is 0.320 e. The lowest BCUT2D eigenvalue weighted by molar-refractivity contribution is 0.0961. The number of nitrogens with one attached hydrogen (secondary N) is 1. The molecule has 3 nitrogen and oxygen atoms in total. The van der Waals surface area contributed by atoms with Gasteiger partial charge in [0, 0.05) is 17.8 Å². The second kappa shape index (κ2) is 4.78. The molecule has 1 atom stereocenters. The van der Waals surface area contributed by atoms with Gasteiger partial charge in [0.2, 0.25) is 0 Å². The fraction of sp³-hybridized carbons (Fsp3) is 0.143. The Balaban J connectivity index is 2.12. The average Bonchev–Trinajstić information content (AvgIpc) is 2.36. The molecule has 86 valence electrons. The molecule has 0 spiro atoms. The van der Waals surface area contributed by atoms with E-state index < -0.39 is 0 Å². The van der Waals surface area contributed by atoms with Crippen molar-refractivity contribution < 1.29 is 4.79 Å². The summed E-state index contributed by atoms with van der Waals surface area (Å²) in [6.07, 6.45) is 7.41. The van der Waals surface area contributed by atoms with Gasteiger partial charge in [-0.2, -0.15) is 0 Å². The molecule has 1 unspecified atom stereocenters. The number of aromatic nitrogens is 1. The van der Waals surface area contributed by atoms with Crippen LogP contribution >= 0.6 is 0 Å². The summed E-state index contributed by atoms with van der Waals surface area (Å²) in [7, 11) is 0. The second-order valence-corrected chi connectivity index (χ2v) is 3.95. The molecular weight excluding hydrogens is 212 g/mol. The van der Waals surface area contributed by atoms with E-state index in [-0.39, 0.29) is 11.8 Å². The molecular formula is C14H14N2O. The van der Waals surface area contributed by atoms with E-state index in [1.807, 2.05) is 25.2 Å². The zero-order valence-corrected chi connectivity index (χ0v) is 9.68. The van der Waals surface area contributed by atoms with E-state index in [9.17, 15) is 4.79 Å². The Kier molecular flexibility index (Phi) is 3.19. The van der Waals surface area contributed by atoms with Crippen molar-refractivity contribution >= 4 is 5.91 Å².